The van der Waals surface area contributed by atoms with Crippen molar-refractivity contribution in [3.05, 3.63) is 71.2 Å². The van der Waals surface area contributed by atoms with Crippen LogP contribution in [0.5, 0.6) is 5.88 Å². The van der Waals surface area contributed by atoms with Crippen LogP contribution >= 0.6 is 0 Å². The van der Waals surface area contributed by atoms with E-state index in [0.29, 0.717) is 22.2 Å². The minimum Gasteiger partial charge on any atom is -0.491 e. The largest absolute Gasteiger partial charge is 0.491 e. The molecule has 0 unspecified atom stereocenters. The molecule has 0 aliphatic heterocycles. The van der Waals surface area contributed by atoms with E-state index in [0.717, 1.165) is 55.6 Å². The van der Waals surface area contributed by atoms with Crippen molar-refractivity contribution >= 4 is 17.0 Å². The maximum atomic E-state index is 12.5. The second-order valence-corrected chi connectivity index (χ2v) is 9.32. The lowest BCUT2D eigenvalue weighted by atomic mass is 9.88. The summed E-state index contributed by atoms with van der Waals surface area (Å²) in [6.45, 7) is 2.36. The molecule has 0 bridgehead atoms. The quantitative estimate of drug-likeness (QED) is 0.346. The first kappa shape index (κ1) is 23.0. The standard InChI is InChI=1S/C28H30N4O3/c1-2-10-22-24-25(27(33)31-30-22)32(26(29-24)19-13-7-4-8-14-19)17-20-15-9-16-21(23(20)28(34)35)18-11-5-3-6-12-18/h3,5-6,9,11-12,15-16,19H,2,4,7-8,10,13-14,17H2,1H3,(H,31,33)(H,34,35). The highest BCUT2D eigenvalue weighted by Gasteiger charge is 2.27. The monoisotopic (exact) mass is 470 g/mol. The average Bonchev–Trinajstić information content (AvgIpc) is 3.27. The minimum atomic E-state index is -0.973. The fourth-order valence-electron chi connectivity index (χ4n) is 5.35. The van der Waals surface area contributed by atoms with Gasteiger partial charge in [-0.25, -0.2) is 9.78 Å². The smallest absolute Gasteiger partial charge is 0.336 e. The zero-order chi connectivity index (χ0) is 24.4. The summed E-state index contributed by atoms with van der Waals surface area (Å²) in [6, 6.07) is 15.2. The summed E-state index contributed by atoms with van der Waals surface area (Å²) in [5, 5.41) is 29.3. The molecule has 0 amide bonds. The molecule has 35 heavy (non-hydrogen) atoms. The predicted octanol–water partition coefficient (Wildman–Crippen LogP) is 5.95. The van der Waals surface area contributed by atoms with Gasteiger partial charge < -0.3 is 14.8 Å². The molecule has 0 spiro atoms. The van der Waals surface area contributed by atoms with Crippen molar-refractivity contribution in [3.8, 4) is 17.0 Å². The number of rotatable bonds is 7. The van der Waals surface area contributed by atoms with E-state index < -0.39 is 5.97 Å². The summed E-state index contributed by atoms with van der Waals surface area (Å²) in [5.74, 6) is 0.0171. The number of benzene rings is 2. The third kappa shape index (κ3) is 4.38. The maximum Gasteiger partial charge on any atom is 0.336 e. The van der Waals surface area contributed by atoms with Gasteiger partial charge in [0.2, 0.25) is 0 Å². The minimum absolute atomic E-state index is 0.162. The topological polar surface area (TPSA) is 101 Å². The first-order valence-electron chi connectivity index (χ1n) is 12.4. The summed E-state index contributed by atoms with van der Waals surface area (Å²) < 4.78 is 1.99. The Balaban J connectivity index is 1.70. The number of hydrogen-bond donors (Lipinski definition) is 2. The van der Waals surface area contributed by atoms with Crippen molar-refractivity contribution in [2.24, 2.45) is 0 Å². The van der Waals surface area contributed by atoms with E-state index in [-0.39, 0.29) is 23.9 Å². The van der Waals surface area contributed by atoms with Crippen LogP contribution in [-0.4, -0.2) is 35.9 Å². The normalized spacial score (nSPS) is 14.4. The van der Waals surface area contributed by atoms with E-state index in [1.807, 2.05) is 53.1 Å². The number of nitrogens with zero attached hydrogens (tertiary/aromatic N) is 4. The van der Waals surface area contributed by atoms with E-state index in [1.54, 1.807) is 0 Å². The summed E-state index contributed by atoms with van der Waals surface area (Å²) in [5.41, 5.74) is 4.46. The van der Waals surface area contributed by atoms with Crippen LogP contribution in [0.25, 0.3) is 22.2 Å². The SMILES string of the molecule is CCCc1nnc(O)c2c1nc(C1CCCCC1)n2Cc1cccc(-c2ccccc2)c1C(=O)O. The van der Waals surface area contributed by atoms with E-state index in [9.17, 15) is 15.0 Å². The van der Waals surface area contributed by atoms with Crippen LogP contribution in [0.1, 0.15) is 78.8 Å². The van der Waals surface area contributed by atoms with Crippen LogP contribution in [0.15, 0.2) is 48.5 Å². The summed E-state index contributed by atoms with van der Waals surface area (Å²) in [6.07, 6.45) is 7.17. The van der Waals surface area contributed by atoms with Crippen LogP contribution in [0.4, 0.5) is 0 Å². The Morgan fingerprint density at radius 3 is 2.51 bits per heavy atom. The van der Waals surface area contributed by atoms with Gasteiger partial charge in [-0.3, -0.25) is 0 Å². The number of hydrogen-bond acceptors (Lipinski definition) is 5. The Hall–Kier alpha value is -3.74. The van der Waals surface area contributed by atoms with Crippen molar-refractivity contribution in [2.45, 2.75) is 64.3 Å². The molecule has 1 fully saturated rings. The molecule has 1 saturated carbocycles. The van der Waals surface area contributed by atoms with Crippen molar-refractivity contribution < 1.29 is 15.0 Å². The molecule has 7 nitrogen and oxygen atoms in total. The number of carbonyl (C=O) groups is 1. The molecule has 2 heterocycles. The van der Waals surface area contributed by atoms with Crippen molar-refractivity contribution in [1.29, 1.82) is 0 Å². The number of aryl methyl sites for hydroxylation is 1. The first-order valence-corrected chi connectivity index (χ1v) is 12.4. The molecule has 7 heteroatoms. The predicted molar refractivity (Wildman–Crippen MR) is 135 cm³/mol. The zero-order valence-corrected chi connectivity index (χ0v) is 19.9. The van der Waals surface area contributed by atoms with Crippen LogP contribution < -0.4 is 0 Å². The van der Waals surface area contributed by atoms with Crippen LogP contribution in [0, 0.1) is 0 Å². The Kier molecular flexibility index (Phi) is 6.49. The Labute approximate surface area is 204 Å². The van der Waals surface area contributed by atoms with Crippen molar-refractivity contribution in [2.75, 3.05) is 0 Å². The highest BCUT2D eigenvalue weighted by atomic mass is 16.4. The molecule has 1 aliphatic carbocycles. The number of aromatic hydroxyl groups is 1. The summed E-state index contributed by atoms with van der Waals surface area (Å²) >= 11 is 0. The molecule has 0 saturated heterocycles. The third-order valence-electron chi connectivity index (χ3n) is 6.98. The molecular formula is C28H30N4O3. The number of aromatic nitrogens is 4. The van der Waals surface area contributed by atoms with Crippen LogP contribution in [0.3, 0.4) is 0 Å². The summed E-state index contributed by atoms with van der Waals surface area (Å²) in [4.78, 5) is 17.5. The van der Waals surface area contributed by atoms with Crippen molar-refractivity contribution in [1.82, 2.24) is 19.7 Å². The van der Waals surface area contributed by atoms with Gasteiger partial charge in [0.05, 0.1) is 17.8 Å². The van der Waals surface area contributed by atoms with Crippen molar-refractivity contribution in [3.63, 3.8) is 0 Å². The Morgan fingerprint density at radius 2 is 1.80 bits per heavy atom. The molecule has 4 aromatic rings. The fraction of sp³-hybridized carbons (Fsp3) is 0.357. The van der Waals surface area contributed by atoms with Gasteiger partial charge in [0.25, 0.3) is 5.88 Å². The number of fused-ring (bicyclic) bond motifs is 1. The molecular weight excluding hydrogens is 440 g/mol. The highest BCUT2D eigenvalue weighted by molar-refractivity contribution is 5.97. The molecule has 1 aliphatic rings. The van der Waals surface area contributed by atoms with Gasteiger partial charge in [0.15, 0.2) is 0 Å². The number of imidazole rings is 1. The van der Waals surface area contributed by atoms with Crippen LogP contribution in [-0.2, 0) is 13.0 Å². The average molecular weight is 471 g/mol. The molecule has 5 rings (SSSR count). The second-order valence-electron chi connectivity index (χ2n) is 9.32. The molecule has 0 atom stereocenters. The molecule has 2 aromatic carbocycles. The first-order chi connectivity index (χ1) is 17.1. The second kappa shape index (κ2) is 9.86. The van der Waals surface area contributed by atoms with E-state index in [1.165, 1.54) is 6.42 Å². The molecule has 0 radical (unpaired) electrons. The number of aromatic carboxylic acids is 1. The lowest BCUT2D eigenvalue weighted by molar-refractivity contribution is 0.0696. The van der Waals surface area contributed by atoms with Gasteiger partial charge in [0, 0.05) is 5.92 Å². The van der Waals surface area contributed by atoms with Gasteiger partial charge in [-0.2, -0.15) is 0 Å². The Morgan fingerprint density at radius 1 is 1.03 bits per heavy atom. The highest BCUT2D eigenvalue weighted by Crippen LogP contribution is 2.37. The number of carboxylic acids is 1. The van der Waals surface area contributed by atoms with E-state index in [2.05, 4.69) is 17.1 Å². The van der Waals surface area contributed by atoms with E-state index >= 15 is 0 Å². The molecule has 2 N–H and O–H groups in total. The fourth-order valence-corrected chi connectivity index (χ4v) is 5.35. The van der Waals surface area contributed by atoms with Gasteiger partial charge in [0.1, 0.15) is 16.9 Å². The van der Waals surface area contributed by atoms with Gasteiger partial charge >= 0.3 is 5.97 Å². The lowest BCUT2D eigenvalue weighted by Crippen LogP contribution is -2.15. The van der Waals surface area contributed by atoms with Gasteiger partial charge in [-0.05, 0) is 36.0 Å². The van der Waals surface area contributed by atoms with Gasteiger partial charge in [-0.15, -0.1) is 10.2 Å². The van der Waals surface area contributed by atoms with Crippen LogP contribution in [0.2, 0.25) is 0 Å². The number of carboxylic acid groups (broad SMARTS) is 1. The summed E-state index contributed by atoms with van der Waals surface area (Å²) in [7, 11) is 0. The lowest BCUT2D eigenvalue weighted by Gasteiger charge is -2.23. The van der Waals surface area contributed by atoms with E-state index in [4.69, 9.17) is 4.98 Å². The Bertz CT molecular complexity index is 1360. The maximum absolute atomic E-state index is 12.5. The molecule has 2 aromatic heterocycles. The zero-order valence-electron chi connectivity index (χ0n) is 19.9. The third-order valence-corrected chi connectivity index (χ3v) is 6.98. The van der Waals surface area contributed by atoms with Gasteiger partial charge in [-0.1, -0.05) is 81.1 Å². The molecule has 180 valence electrons.